The van der Waals surface area contributed by atoms with Crippen LogP contribution < -0.4 is 10.7 Å². The number of nitrogens with zero attached hydrogens (tertiary/aromatic N) is 4. The van der Waals surface area contributed by atoms with E-state index in [-0.39, 0.29) is 43.0 Å². The van der Waals surface area contributed by atoms with Crippen LogP contribution in [-0.2, 0) is 0 Å². The SMILES string of the molecule is N#C/N=c1/c2cc3c(cc2c2c(F)cc(F)cc12)/c(=N/C#N)c1cc(F)cc(F)c13. The molecule has 0 N–H and O–H groups in total. The fourth-order valence-electron chi connectivity index (χ4n) is 4.10. The summed E-state index contributed by atoms with van der Waals surface area (Å²) in [5.74, 6) is -3.40. The quantitative estimate of drug-likeness (QED) is 0.283. The summed E-state index contributed by atoms with van der Waals surface area (Å²) < 4.78 is 57.0. The van der Waals surface area contributed by atoms with Crippen molar-refractivity contribution in [2.75, 3.05) is 0 Å². The summed E-state index contributed by atoms with van der Waals surface area (Å²) in [5.41, 5.74) is 0. The molecule has 4 nitrogen and oxygen atoms in total. The van der Waals surface area contributed by atoms with Crippen molar-refractivity contribution in [2.24, 2.45) is 9.98 Å². The van der Waals surface area contributed by atoms with Crippen molar-refractivity contribution in [3.8, 4) is 12.4 Å². The molecule has 0 amide bonds. The molecule has 8 heteroatoms. The van der Waals surface area contributed by atoms with Crippen LogP contribution in [-0.4, -0.2) is 0 Å². The van der Waals surface area contributed by atoms with E-state index in [1.807, 2.05) is 0 Å². The molecule has 142 valence electrons. The van der Waals surface area contributed by atoms with E-state index in [2.05, 4.69) is 9.98 Å². The summed E-state index contributed by atoms with van der Waals surface area (Å²) in [6, 6.07) is 6.48. The van der Waals surface area contributed by atoms with E-state index in [4.69, 9.17) is 10.5 Å². The number of benzene rings is 3. The zero-order chi connectivity index (χ0) is 21.2. The smallest absolute Gasteiger partial charge is 0.206 e. The minimum absolute atomic E-state index is 0.0297. The monoisotopic (exact) mass is 402 g/mol. The van der Waals surface area contributed by atoms with Gasteiger partial charge in [-0.15, -0.1) is 0 Å². The number of hydrogen-bond acceptors (Lipinski definition) is 4. The van der Waals surface area contributed by atoms with Gasteiger partial charge in [-0.05, 0) is 35.0 Å². The lowest BCUT2D eigenvalue weighted by Gasteiger charge is -1.98. The molecule has 0 heterocycles. The summed E-state index contributed by atoms with van der Waals surface area (Å²) >= 11 is 0. The molecule has 5 rings (SSSR count). The standard InChI is InChI=1S/C22H6F4N4/c23-9-1-15-19(17(25)3-9)11-5-14-12(6-13(11)21(15)29-7-27)20-16(22(14)30-8-28)2-10(24)4-18(20)26/h1-6H/b29-21-,30-22-. The van der Waals surface area contributed by atoms with Crippen molar-refractivity contribution in [1.29, 1.82) is 10.5 Å². The molecule has 5 aromatic rings. The third kappa shape index (κ3) is 2.25. The minimum atomic E-state index is -0.860. The molecule has 0 fully saturated rings. The fourth-order valence-corrected chi connectivity index (χ4v) is 4.10. The van der Waals surface area contributed by atoms with Crippen LogP contribution in [0.5, 0.6) is 0 Å². The van der Waals surface area contributed by atoms with E-state index < -0.39 is 23.3 Å². The summed E-state index contributed by atoms with van der Waals surface area (Å²) in [6.07, 6.45) is 3.24. The molecule has 0 aromatic heterocycles. The molecule has 0 unspecified atom stereocenters. The van der Waals surface area contributed by atoms with Crippen molar-refractivity contribution in [1.82, 2.24) is 0 Å². The Labute approximate surface area is 164 Å². The topological polar surface area (TPSA) is 72.3 Å². The van der Waals surface area contributed by atoms with Gasteiger partial charge in [0.05, 0.1) is 10.7 Å². The van der Waals surface area contributed by atoms with Crippen molar-refractivity contribution in [3.63, 3.8) is 0 Å². The minimum Gasteiger partial charge on any atom is -0.207 e. The highest BCUT2D eigenvalue weighted by atomic mass is 19.1. The second kappa shape index (κ2) is 6.10. The van der Waals surface area contributed by atoms with Gasteiger partial charge in [0.15, 0.2) is 0 Å². The van der Waals surface area contributed by atoms with Gasteiger partial charge < -0.3 is 0 Å². The molecule has 5 aromatic carbocycles. The lowest BCUT2D eigenvalue weighted by molar-refractivity contribution is 0.592. The first-order valence-electron chi connectivity index (χ1n) is 8.56. The predicted octanol–water partition coefficient (Wildman–Crippen LogP) is 4.49. The Hall–Kier alpha value is -4.30. The molecule has 0 spiro atoms. The molecule has 0 aliphatic carbocycles. The Bertz CT molecular complexity index is 1630. The maximum atomic E-state index is 14.7. The van der Waals surface area contributed by atoms with E-state index >= 15 is 0 Å². The number of hydrogen-bond donors (Lipinski definition) is 0. The van der Waals surface area contributed by atoms with Crippen LogP contribution in [0, 0.1) is 46.2 Å². The molecule has 0 saturated carbocycles. The van der Waals surface area contributed by atoms with E-state index in [0.717, 1.165) is 12.1 Å². The Kier molecular flexibility index (Phi) is 3.61. The number of fused-ring (bicyclic) bond motifs is 6. The van der Waals surface area contributed by atoms with Gasteiger partial charge in [-0.25, -0.2) is 17.6 Å². The third-order valence-corrected chi connectivity index (χ3v) is 5.15. The van der Waals surface area contributed by atoms with Gasteiger partial charge in [0.1, 0.15) is 23.3 Å². The summed E-state index contributed by atoms with van der Waals surface area (Å²) in [7, 11) is 0. The van der Waals surface area contributed by atoms with E-state index in [0.29, 0.717) is 22.9 Å². The number of rotatable bonds is 0. The van der Waals surface area contributed by atoms with Crippen molar-refractivity contribution in [3.05, 3.63) is 70.4 Å². The van der Waals surface area contributed by atoms with Gasteiger partial charge in [-0.3, -0.25) is 0 Å². The summed E-state index contributed by atoms with van der Waals surface area (Å²) in [6.45, 7) is 0. The summed E-state index contributed by atoms with van der Waals surface area (Å²) in [5, 5.41) is 19.6. The molecule has 0 aliphatic heterocycles. The van der Waals surface area contributed by atoms with Gasteiger partial charge >= 0.3 is 0 Å². The van der Waals surface area contributed by atoms with Gasteiger partial charge in [0, 0.05) is 44.5 Å². The molecule has 0 aliphatic rings. The largest absolute Gasteiger partial charge is 0.207 e. The maximum Gasteiger partial charge on any atom is 0.206 e. The van der Waals surface area contributed by atoms with Crippen molar-refractivity contribution < 1.29 is 17.6 Å². The molecule has 0 radical (unpaired) electrons. The first kappa shape index (κ1) is 17.8. The normalized spacial score (nSPS) is 13.0. The first-order chi connectivity index (χ1) is 14.4. The van der Waals surface area contributed by atoms with Crippen LogP contribution in [0.3, 0.4) is 0 Å². The zero-order valence-corrected chi connectivity index (χ0v) is 14.8. The van der Waals surface area contributed by atoms with E-state index in [1.165, 1.54) is 12.1 Å². The van der Waals surface area contributed by atoms with Crippen LogP contribution in [0.25, 0.3) is 43.1 Å². The van der Waals surface area contributed by atoms with Crippen LogP contribution >= 0.6 is 0 Å². The van der Waals surface area contributed by atoms with Gasteiger partial charge in [0.2, 0.25) is 12.4 Å². The fraction of sp³-hybridized carbons (Fsp3) is 0. The predicted molar refractivity (Wildman–Crippen MR) is 101 cm³/mol. The van der Waals surface area contributed by atoms with Crippen LogP contribution in [0.4, 0.5) is 17.6 Å². The van der Waals surface area contributed by atoms with E-state index in [1.54, 1.807) is 12.4 Å². The van der Waals surface area contributed by atoms with Crippen LogP contribution in [0.2, 0.25) is 0 Å². The first-order valence-corrected chi connectivity index (χ1v) is 8.56. The number of nitriles is 2. The highest BCUT2D eigenvalue weighted by Gasteiger charge is 2.20. The average Bonchev–Trinajstić information content (AvgIpc) is 3.14. The second-order valence-electron chi connectivity index (χ2n) is 6.68. The third-order valence-electron chi connectivity index (χ3n) is 5.15. The molecule has 0 atom stereocenters. The lowest BCUT2D eigenvalue weighted by atomic mass is 10.1. The van der Waals surface area contributed by atoms with Crippen molar-refractivity contribution >= 4 is 43.1 Å². The molecule has 30 heavy (non-hydrogen) atoms. The average molecular weight is 402 g/mol. The van der Waals surface area contributed by atoms with Gasteiger partial charge in [0.25, 0.3) is 0 Å². The number of halogens is 4. The zero-order valence-electron chi connectivity index (χ0n) is 14.8. The lowest BCUT2D eigenvalue weighted by Crippen LogP contribution is -1.99. The Morgan fingerprint density at radius 2 is 0.933 bits per heavy atom. The maximum absolute atomic E-state index is 14.7. The highest BCUT2D eigenvalue weighted by molar-refractivity contribution is 6.21. The van der Waals surface area contributed by atoms with Crippen molar-refractivity contribution in [2.45, 2.75) is 0 Å². The summed E-state index contributed by atoms with van der Waals surface area (Å²) in [4.78, 5) is 7.43. The molecular formula is C22H6F4N4. The molecule has 0 bridgehead atoms. The second-order valence-corrected chi connectivity index (χ2v) is 6.68. The molecule has 0 saturated heterocycles. The van der Waals surface area contributed by atoms with E-state index in [9.17, 15) is 17.6 Å². The molecular weight excluding hydrogens is 396 g/mol. The van der Waals surface area contributed by atoms with Gasteiger partial charge in [-0.2, -0.15) is 20.5 Å². The highest BCUT2D eigenvalue weighted by Crippen LogP contribution is 2.34. The Morgan fingerprint density at radius 1 is 0.533 bits per heavy atom. The van der Waals surface area contributed by atoms with Crippen LogP contribution in [0.1, 0.15) is 0 Å². The van der Waals surface area contributed by atoms with Gasteiger partial charge in [-0.1, -0.05) is 0 Å². The Morgan fingerprint density at radius 3 is 1.30 bits per heavy atom. The van der Waals surface area contributed by atoms with Crippen LogP contribution in [0.15, 0.2) is 46.4 Å². The Balaban J connectivity index is 2.17.